The minimum absolute atomic E-state index is 0.410. The second-order valence-electron chi connectivity index (χ2n) is 3.65. The fraction of sp³-hybridized carbons (Fsp3) is 1.00. The molecule has 0 amide bonds. The summed E-state index contributed by atoms with van der Waals surface area (Å²) in [5, 5.41) is 3.62. The molecule has 0 unspecified atom stereocenters. The van der Waals surface area contributed by atoms with Crippen LogP contribution in [0.1, 0.15) is 26.7 Å². The van der Waals surface area contributed by atoms with Gasteiger partial charge in [0.2, 0.25) is 0 Å². The summed E-state index contributed by atoms with van der Waals surface area (Å²) in [7, 11) is 2.21. The Labute approximate surface area is 70.0 Å². The van der Waals surface area contributed by atoms with Crippen LogP contribution in [0.4, 0.5) is 0 Å². The Morgan fingerprint density at radius 3 is 2.36 bits per heavy atom. The SMILES string of the molecule is CCC1(CC)CN(C)CCN1. The predicted molar refractivity (Wildman–Crippen MR) is 48.8 cm³/mol. The van der Waals surface area contributed by atoms with Crippen LogP contribution < -0.4 is 5.32 Å². The predicted octanol–water partition coefficient (Wildman–Crippen LogP) is 1.08. The monoisotopic (exact) mass is 156 g/mol. The maximum Gasteiger partial charge on any atom is 0.0303 e. The summed E-state index contributed by atoms with van der Waals surface area (Å²) in [5.74, 6) is 0. The van der Waals surface area contributed by atoms with Gasteiger partial charge in [0.1, 0.15) is 0 Å². The quantitative estimate of drug-likeness (QED) is 0.643. The highest BCUT2D eigenvalue weighted by molar-refractivity contribution is 4.91. The molecule has 1 aliphatic heterocycles. The largest absolute Gasteiger partial charge is 0.309 e. The molecule has 0 aromatic heterocycles. The van der Waals surface area contributed by atoms with Crippen LogP contribution in [0.2, 0.25) is 0 Å². The molecule has 2 nitrogen and oxygen atoms in total. The van der Waals surface area contributed by atoms with Gasteiger partial charge in [-0.05, 0) is 19.9 Å². The van der Waals surface area contributed by atoms with Crippen molar-refractivity contribution in [2.24, 2.45) is 0 Å². The first-order chi connectivity index (χ1) is 5.22. The molecule has 0 bridgehead atoms. The minimum atomic E-state index is 0.410. The van der Waals surface area contributed by atoms with E-state index in [9.17, 15) is 0 Å². The summed E-state index contributed by atoms with van der Waals surface area (Å²) in [6, 6.07) is 0. The topological polar surface area (TPSA) is 15.3 Å². The van der Waals surface area contributed by atoms with Gasteiger partial charge < -0.3 is 10.2 Å². The lowest BCUT2D eigenvalue weighted by Gasteiger charge is -2.41. The Balaban J connectivity index is 2.52. The molecule has 0 radical (unpaired) electrons. The number of likely N-dealkylation sites (N-methyl/N-ethyl adjacent to an activating group) is 1. The van der Waals surface area contributed by atoms with E-state index in [2.05, 4.69) is 31.1 Å². The number of hydrogen-bond donors (Lipinski definition) is 1. The molecule has 1 N–H and O–H groups in total. The zero-order valence-corrected chi connectivity index (χ0v) is 7.98. The van der Waals surface area contributed by atoms with E-state index < -0.39 is 0 Å². The van der Waals surface area contributed by atoms with Gasteiger partial charge in [0.15, 0.2) is 0 Å². The molecule has 1 aliphatic rings. The van der Waals surface area contributed by atoms with E-state index in [-0.39, 0.29) is 0 Å². The summed E-state index contributed by atoms with van der Waals surface area (Å²) in [6.07, 6.45) is 2.49. The Bertz CT molecular complexity index is 119. The summed E-state index contributed by atoms with van der Waals surface area (Å²) in [5.41, 5.74) is 0.410. The molecule has 0 aromatic rings. The molecule has 0 atom stereocenters. The van der Waals surface area contributed by atoms with Crippen molar-refractivity contribution >= 4 is 0 Å². The zero-order valence-electron chi connectivity index (χ0n) is 7.98. The molecule has 66 valence electrons. The first-order valence-electron chi connectivity index (χ1n) is 4.66. The van der Waals surface area contributed by atoms with E-state index in [1.807, 2.05) is 0 Å². The van der Waals surface area contributed by atoms with Crippen molar-refractivity contribution in [2.75, 3.05) is 26.7 Å². The first kappa shape index (κ1) is 9.01. The number of rotatable bonds is 2. The third-order valence-electron chi connectivity index (χ3n) is 2.92. The number of piperazine rings is 1. The molecule has 0 spiro atoms. The third-order valence-corrected chi connectivity index (χ3v) is 2.92. The van der Waals surface area contributed by atoms with E-state index in [0.29, 0.717) is 5.54 Å². The molecule has 0 saturated carbocycles. The van der Waals surface area contributed by atoms with E-state index in [0.717, 1.165) is 6.54 Å². The lowest BCUT2D eigenvalue weighted by atomic mass is 9.90. The fourth-order valence-electron chi connectivity index (χ4n) is 1.89. The van der Waals surface area contributed by atoms with E-state index >= 15 is 0 Å². The minimum Gasteiger partial charge on any atom is -0.309 e. The van der Waals surface area contributed by atoms with Crippen molar-refractivity contribution in [2.45, 2.75) is 32.2 Å². The van der Waals surface area contributed by atoms with Crippen LogP contribution in [0.25, 0.3) is 0 Å². The molecule has 1 heterocycles. The summed E-state index contributed by atoms with van der Waals surface area (Å²) < 4.78 is 0. The molecule has 1 saturated heterocycles. The fourth-order valence-corrected chi connectivity index (χ4v) is 1.89. The summed E-state index contributed by atoms with van der Waals surface area (Å²) in [6.45, 7) is 8.10. The van der Waals surface area contributed by atoms with Gasteiger partial charge in [-0.25, -0.2) is 0 Å². The smallest absolute Gasteiger partial charge is 0.0303 e. The molecule has 0 aromatic carbocycles. The van der Waals surface area contributed by atoms with Crippen LogP contribution in [-0.4, -0.2) is 37.1 Å². The van der Waals surface area contributed by atoms with Crippen LogP contribution in [0.5, 0.6) is 0 Å². The van der Waals surface area contributed by atoms with Crippen molar-refractivity contribution in [3.05, 3.63) is 0 Å². The normalized spacial score (nSPS) is 25.4. The summed E-state index contributed by atoms with van der Waals surface area (Å²) >= 11 is 0. The second kappa shape index (κ2) is 3.55. The van der Waals surface area contributed by atoms with Gasteiger partial charge in [0.05, 0.1) is 0 Å². The molecule has 0 aliphatic carbocycles. The Kier molecular flexibility index (Phi) is 2.90. The molecule has 1 fully saturated rings. The van der Waals surface area contributed by atoms with Gasteiger partial charge in [-0.15, -0.1) is 0 Å². The van der Waals surface area contributed by atoms with Crippen molar-refractivity contribution in [3.8, 4) is 0 Å². The van der Waals surface area contributed by atoms with Crippen LogP contribution in [0.3, 0.4) is 0 Å². The number of nitrogens with one attached hydrogen (secondary N) is 1. The standard InChI is InChI=1S/C9H20N2/c1-4-9(5-2)8-11(3)7-6-10-9/h10H,4-8H2,1-3H3. The van der Waals surface area contributed by atoms with Crippen molar-refractivity contribution in [1.29, 1.82) is 0 Å². The maximum atomic E-state index is 3.62. The van der Waals surface area contributed by atoms with Gasteiger partial charge in [-0.2, -0.15) is 0 Å². The van der Waals surface area contributed by atoms with E-state index in [4.69, 9.17) is 0 Å². The summed E-state index contributed by atoms with van der Waals surface area (Å²) in [4.78, 5) is 2.42. The Morgan fingerprint density at radius 1 is 1.36 bits per heavy atom. The van der Waals surface area contributed by atoms with Crippen LogP contribution in [0.15, 0.2) is 0 Å². The Morgan fingerprint density at radius 2 is 2.00 bits per heavy atom. The molecule has 2 heteroatoms. The highest BCUT2D eigenvalue weighted by Crippen LogP contribution is 2.18. The van der Waals surface area contributed by atoms with Gasteiger partial charge >= 0.3 is 0 Å². The van der Waals surface area contributed by atoms with Crippen molar-refractivity contribution in [1.82, 2.24) is 10.2 Å². The average molecular weight is 156 g/mol. The number of hydrogen-bond acceptors (Lipinski definition) is 2. The zero-order chi connectivity index (χ0) is 8.32. The second-order valence-corrected chi connectivity index (χ2v) is 3.65. The van der Waals surface area contributed by atoms with Gasteiger partial charge in [-0.1, -0.05) is 13.8 Å². The maximum absolute atomic E-state index is 3.62. The lowest BCUT2D eigenvalue weighted by Crippen LogP contribution is -2.58. The Hall–Kier alpha value is -0.0800. The van der Waals surface area contributed by atoms with Crippen LogP contribution >= 0.6 is 0 Å². The molecular weight excluding hydrogens is 136 g/mol. The molecular formula is C9H20N2. The molecule has 11 heavy (non-hydrogen) atoms. The average Bonchev–Trinajstić information content (AvgIpc) is 2.04. The highest BCUT2D eigenvalue weighted by Gasteiger charge is 2.29. The van der Waals surface area contributed by atoms with Crippen molar-refractivity contribution < 1.29 is 0 Å². The number of nitrogens with zero attached hydrogens (tertiary/aromatic N) is 1. The van der Waals surface area contributed by atoms with Crippen LogP contribution in [-0.2, 0) is 0 Å². The molecule has 1 rings (SSSR count). The van der Waals surface area contributed by atoms with Crippen molar-refractivity contribution in [3.63, 3.8) is 0 Å². The van der Waals surface area contributed by atoms with Crippen LogP contribution in [0, 0.1) is 0 Å². The van der Waals surface area contributed by atoms with E-state index in [1.165, 1.54) is 25.9 Å². The lowest BCUT2D eigenvalue weighted by molar-refractivity contribution is 0.148. The first-order valence-corrected chi connectivity index (χ1v) is 4.66. The van der Waals surface area contributed by atoms with Gasteiger partial charge in [-0.3, -0.25) is 0 Å². The van der Waals surface area contributed by atoms with Gasteiger partial charge in [0, 0.05) is 25.2 Å². The highest BCUT2D eigenvalue weighted by atomic mass is 15.2. The van der Waals surface area contributed by atoms with E-state index in [1.54, 1.807) is 0 Å². The third kappa shape index (κ3) is 1.94. The van der Waals surface area contributed by atoms with Gasteiger partial charge in [0.25, 0.3) is 0 Å².